The van der Waals surface area contributed by atoms with Crippen molar-refractivity contribution in [3.05, 3.63) is 32.8 Å². The van der Waals surface area contributed by atoms with E-state index in [1.54, 1.807) is 12.1 Å². The predicted molar refractivity (Wildman–Crippen MR) is 78.6 cm³/mol. The molecule has 0 unspecified atom stereocenters. The number of hydrogen-bond acceptors (Lipinski definition) is 2. The number of hydroxylamine groups is 1. The molecule has 18 heavy (non-hydrogen) atoms. The Morgan fingerprint density at radius 3 is 2.11 bits per heavy atom. The van der Waals surface area contributed by atoms with Crippen molar-refractivity contribution in [2.75, 3.05) is 0 Å². The molecule has 1 N–H and O–H groups in total. The van der Waals surface area contributed by atoms with E-state index in [-0.39, 0.29) is 11.6 Å². The third kappa shape index (κ3) is 5.33. The van der Waals surface area contributed by atoms with E-state index in [1.165, 1.54) is 0 Å². The van der Waals surface area contributed by atoms with Gasteiger partial charge in [0.25, 0.3) is 0 Å². The van der Waals surface area contributed by atoms with Crippen molar-refractivity contribution in [1.29, 1.82) is 0 Å². The number of nitrogens with one attached hydrogen (secondary N) is 1. The van der Waals surface area contributed by atoms with Gasteiger partial charge in [0.15, 0.2) is 0 Å². The van der Waals surface area contributed by atoms with Crippen molar-refractivity contribution in [1.82, 2.24) is 5.48 Å². The van der Waals surface area contributed by atoms with Crippen LogP contribution >= 0.6 is 34.8 Å². The molecule has 0 aliphatic rings. The summed E-state index contributed by atoms with van der Waals surface area (Å²) in [5.41, 5.74) is 3.63. The van der Waals surface area contributed by atoms with Gasteiger partial charge in [0, 0.05) is 21.1 Å². The molecule has 0 aliphatic heterocycles. The molecule has 1 rings (SSSR count). The molecule has 0 spiro atoms. The highest BCUT2D eigenvalue weighted by Gasteiger charge is 2.15. The average molecular weight is 311 g/mol. The van der Waals surface area contributed by atoms with E-state index in [0.29, 0.717) is 21.5 Å². The largest absolute Gasteiger partial charge is 0.296 e. The monoisotopic (exact) mass is 309 g/mol. The van der Waals surface area contributed by atoms with Gasteiger partial charge in [-0.25, -0.2) is 0 Å². The van der Waals surface area contributed by atoms with E-state index in [2.05, 4.69) is 5.48 Å². The van der Waals surface area contributed by atoms with Gasteiger partial charge in [-0.3, -0.25) is 4.84 Å². The zero-order valence-corrected chi connectivity index (χ0v) is 13.2. The van der Waals surface area contributed by atoms with Gasteiger partial charge in [0.2, 0.25) is 0 Å². The molecule has 5 heteroatoms. The van der Waals surface area contributed by atoms with Crippen molar-refractivity contribution in [2.45, 2.75) is 45.8 Å². The van der Waals surface area contributed by atoms with Crippen LogP contribution in [0, 0.1) is 0 Å². The van der Waals surface area contributed by atoms with Crippen molar-refractivity contribution in [3.63, 3.8) is 0 Å². The zero-order chi connectivity index (χ0) is 13.9. The SMILES string of the molecule is C[C@@H](Cc1c(Cl)cc(Cl)cc1Cl)NOC(C)(C)C. The molecule has 0 fully saturated rings. The lowest BCUT2D eigenvalue weighted by atomic mass is 10.1. The highest BCUT2D eigenvalue weighted by atomic mass is 35.5. The van der Waals surface area contributed by atoms with Gasteiger partial charge in [0.1, 0.15) is 0 Å². The fraction of sp³-hybridized carbons (Fsp3) is 0.538. The van der Waals surface area contributed by atoms with Crippen LogP contribution in [0.3, 0.4) is 0 Å². The summed E-state index contributed by atoms with van der Waals surface area (Å²) in [5, 5.41) is 1.70. The van der Waals surface area contributed by atoms with Crippen LogP contribution in [0.5, 0.6) is 0 Å². The van der Waals surface area contributed by atoms with E-state index in [4.69, 9.17) is 39.6 Å². The van der Waals surface area contributed by atoms with Gasteiger partial charge in [0.05, 0.1) is 5.60 Å². The Bertz CT molecular complexity index is 392. The summed E-state index contributed by atoms with van der Waals surface area (Å²) in [6.45, 7) is 7.95. The van der Waals surface area contributed by atoms with Crippen LogP contribution in [0.25, 0.3) is 0 Å². The molecule has 0 bridgehead atoms. The van der Waals surface area contributed by atoms with Gasteiger partial charge >= 0.3 is 0 Å². The molecule has 0 heterocycles. The smallest absolute Gasteiger partial charge is 0.0813 e. The molecular formula is C13H18Cl3NO. The molecule has 0 saturated carbocycles. The Morgan fingerprint density at radius 1 is 1.17 bits per heavy atom. The van der Waals surface area contributed by atoms with Gasteiger partial charge in [-0.05, 0) is 51.8 Å². The molecule has 0 aromatic heterocycles. The number of benzene rings is 1. The van der Waals surface area contributed by atoms with Gasteiger partial charge in [-0.1, -0.05) is 34.8 Å². The molecule has 0 radical (unpaired) electrons. The van der Waals surface area contributed by atoms with Gasteiger partial charge in [-0.2, -0.15) is 5.48 Å². The number of halogens is 3. The summed E-state index contributed by atoms with van der Waals surface area (Å²) >= 11 is 18.1. The Kier molecular flexibility index (Phi) is 5.75. The van der Waals surface area contributed by atoms with E-state index in [0.717, 1.165) is 5.56 Å². The lowest BCUT2D eigenvalue weighted by Crippen LogP contribution is -2.36. The summed E-state index contributed by atoms with van der Waals surface area (Å²) < 4.78 is 0. The maximum Gasteiger partial charge on any atom is 0.0813 e. The highest BCUT2D eigenvalue weighted by Crippen LogP contribution is 2.29. The molecule has 0 aliphatic carbocycles. The lowest BCUT2D eigenvalue weighted by molar-refractivity contribution is -0.0857. The van der Waals surface area contributed by atoms with E-state index >= 15 is 0 Å². The quantitative estimate of drug-likeness (QED) is 0.799. The second-order valence-corrected chi connectivity index (χ2v) is 6.54. The lowest BCUT2D eigenvalue weighted by Gasteiger charge is -2.23. The maximum absolute atomic E-state index is 6.13. The summed E-state index contributed by atoms with van der Waals surface area (Å²) in [7, 11) is 0. The summed E-state index contributed by atoms with van der Waals surface area (Å²) in [4.78, 5) is 5.50. The minimum atomic E-state index is -0.234. The van der Waals surface area contributed by atoms with Crippen LogP contribution in [0.4, 0.5) is 0 Å². The second kappa shape index (κ2) is 6.44. The Labute approximate surface area is 124 Å². The van der Waals surface area contributed by atoms with Crippen molar-refractivity contribution >= 4 is 34.8 Å². The average Bonchev–Trinajstić information content (AvgIpc) is 2.19. The molecule has 1 aromatic carbocycles. The summed E-state index contributed by atoms with van der Waals surface area (Å²) in [5.74, 6) is 0. The summed E-state index contributed by atoms with van der Waals surface area (Å²) in [6, 6.07) is 3.49. The molecule has 0 amide bonds. The first-order valence-electron chi connectivity index (χ1n) is 5.76. The van der Waals surface area contributed by atoms with Crippen LogP contribution in [0.2, 0.25) is 15.1 Å². The van der Waals surface area contributed by atoms with E-state index < -0.39 is 0 Å². The fourth-order valence-electron chi connectivity index (χ4n) is 1.39. The Morgan fingerprint density at radius 2 is 1.67 bits per heavy atom. The van der Waals surface area contributed by atoms with Crippen LogP contribution < -0.4 is 5.48 Å². The first-order valence-corrected chi connectivity index (χ1v) is 6.89. The second-order valence-electron chi connectivity index (χ2n) is 5.29. The number of rotatable bonds is 4. The van der Waals surface area contributed by atoms with E-state index in [9.17, 15) is 0 Å². The molecular weight excluding hydrogens is 293 g/mol. The molecule has 1 atom stereocenters. The maximum atomic E-state index is 6.13. The van der Waals surface area contributed by atoms with Crippen LogP contribution in [-0.2, 0) is 11.3 Å². The first kappa shape index (κ1) is 16.1. The first-order chi connectivity index (χ1) is 8.19. The molecule has 1 aromatic rings. The Hall–Kier alpha value is 0.01000. The third-order valence-electron chi connectivity index (χ3n) is 2.18. The van der Waals surface area contributed by atoms with Gasteiger partial charge < -0.3 is 0 Å². The zero-order valence-electron chi connectivity index (χ0n) is 11.0. The number of hydrogen-bond donors (Lipinski definition) is 1. The molecule has 102 valence electrons. The predicted octanol–water partition coefficient (Wildman–Crippen LogP) is 4.90. The minimum Gasteiger partial charge on any atom is -0.296 e. The fourth-order valence-corrected chi connectivity index (χ4v) is 2.36. The van der Waals surface area contributed by atoms with Gasteiger partial charge in [-0.15, -0.1) is 0 Å². The topological polar surface area (TPSA) is 21.3 Å². The third-order valence-corrected chi connectivity index (χ3v) is 3.08. The normalized spacial score (nSPS) is 13.7. The van der Waals surface area contributed by atoms with Crippen molar-refractivity contribution in [3.8, 4) is 0 Å². The molecule has 0 saturated heterocycles. The summed E-state index contributed by atoms with van der Waals surface area (Å²) in [6.07, 6.45) is 0.672. The van der Waals surface area contributed by atoms with Crippen LogP contribution in [0.15, 0.2) is 12.1 Å². The minimum absolute atomic E-state index is 0.0976. The van der Waals surface area contributed by atoms with Crippen molar-refractivity contribution in [2.24, 2.45) is 0 Å². The van der Waals surface area contributed by atoms with E-state index in [1.807, 2.05) is 27.7 Å². The standard InChI is InChI=1S/C13H18Cl3NO/c1-8(17-18-13(2,3)4)5-10-11(15)6-9(14)7-12(10)16/h6-8,17H,5H2,1-4H3/t8-/m0/s1. The van der Waals surface area contributed by atoms with Crippen LogP contribution in [-0.4, -0.2) is 11.6 Å². The molecule has 2 nitrogen and oxygen atoms in total. The Balaban J connectivity index is 2.68. The van der Waals surface area contributed by atoms with Crippen molar-refractivity contribution < 1.29 is 4.84 Å². The highest BCUT2D eigenvalue weighted by molar-refractivity contribution is 6.39. The van der Waals surface area contributed by atoms with Crippen LogP contribution in [0.1, 0.15) is 33.3 Å².